The van der Waals surface area contributed by atoms with Crippen LogP contribution in [0.4, 0.5) is 22.7 Å². The molecule has 1 saturated carbocycles. The predicted octanol–water partition coefficient (Wildman–Crippen LogP) is 4.04. The number of rotatable bonds is 8. The summed E-state index contributed by atoms with van der Waals surface area (Å²) in [5.74, 6) is -0.582. The van der Waals surface area contributed by atoms with Crippen LogP contribution in [-0.4, -0.2) is 58.0 Å². The van der Waals surface area contributed by atoms with Crippen LogP contribution < -0.4 is 19.8 Å². The first-order valence-electron chi connectivity index (χ1n) is 13.0. The Morgan fingerprint density at radius 1 is 0.889 bits per heavy atom. The van der Waals surface area contributed by atoms with Gasteiger partial charge in [-0.2, -0.15) is 0 Å². The molecule has 1 amide bonds. The van der Waals surface area contributed by atoms with E-state index in [9.17, 15) is 13.2 Å². The highest BCUT2D eigenvalue weighted by atomic mass is 32.2. The lowest BCUT2D eigenvalue weighted by Crippen LogP contribution is -2.35. The molecule has 2 aromatic carbocycles. The molecule has 2 saturated heterocycles. The van der Waals surface area contributed by atoms with Crippen molar-refractivity contribution in [3.63, 3.8) is 0 Å². The van der Waals surface area contributed by atoms with Crippen LogP contribution in [0.1, 0.15) is 55.3 Å². The van der Waals surface area contributed by atoms with Gasteiger partial charge in [-0.1, -0.05) is 6.07 Å². The van der Waals surface area contributed by atoms with Gasteiger partial charge < -0.3 is 20.2 Å². The molecule has 2 aromatic rings. The molecule has 0 bridgehead atoms. The molecule has 3 aliphatic rings. The molecular formula is C27H36N4O4S. The van der Waals surface area contributed by atoms with Crippen molar-refractivity contribution in [2.45, 2.75) is 44.9 Å². The number of amides is 1. The topological polar surface area (TPSA) is 102 Å². The molecule has 8 nitrogen and oxygen atoms in total. The van der Waals surface area contributed by atoms with Gasteiger partial charge in [0.05, 0.1) is 29.3 Å². The molecule has 0 atom stereocenters. The molecule has 1 aliphatic carbocycles. The number of carbonyl (C=O) groups is 1. The van der Waals surface area contributed by atoms with Gasteiger partial charge in [0, 0.05) is 37.6 Å². The van der Waals surface area contributed by atoms with Gasteiger partial charge in [-0.3, -0.25) is 9.52 Å². The SMILES string of the molecule is O=C(Nc1cccc(N2CCCCC2)c1)c1ccc(NS(=O)(=O)CCO)cc1N1CCC2(CC1)CC2. The van der Waals surface area contributed by atoms with E-state index < -0.39 is 16.6 Å². The lowest BCUT2D eigenvalue weighted by Gasteiger charge is -2.35. The summed E-state index contributed by atoms with van der Waals surface area (Å²) >= 11 is 0. The van der Waals surface area contributed by atoms with E-state index in [1.165, 1.54) is 32.1 Å². The van der Waals surface area contributed by atoms with Crippen molar-refractivity contribution in [3.05, 3.63) is 48.0 Å². The van der Waals surface area contributed by atoms with Crippen molar-refractivity contribution in [1.29, 1.82) is 0 Å². The Hall–Kier alpha value is -2.78. The van der Waals surface area contributed by atoms with Crippen molar-refractivity contribution >= 4 is 38.7 Å². The highest BCUT2D eigenvalue weighted by molar-refractivity contribution is 7.92. The van der Waals surface area contributed by atoms with Gasteiger partial charge in [0.15, 0.2) is 0 Å². The Labute approximate surface area is 213 Å². The van der Waals surface area contributed by atoms with Crippen molar-refractivity contribution in [2.24, 2.45) is 5.41 Å². The van der Waals surface area contributed by atoms with Gasteiger partial charge >= 0.3 is 0 Å². The normalized spacial score (nSPS) is 19.2. The summed E-state index contributed by atoms with van der Waals surface area (Å²) in [7, 11) is -3.66. The Morgan fingerprint density at radius 2 is 1.64 bits per heavy atom. The first-order chi connectivity index (χ1) is 17.4. The number of sulfonamides is 1. The zero-order valence-corrected chi connectivity index (χ0v) is 21.5. The summed E-state index contributed by atoms with van der Waals surface area (Å²) in [6, 6.07) is 13.0. The fraction of sp³-hybridized carbons (Fsp3) is 0.519. The monoisotopic (exact) mass is 512 g/mol. The molecule has 0 aromatic heterocycles. The summed E-state index contributed by atoms with van der Waals surface area (Å²) in [6.07, 6.45) is 8.38. The van der Waals surface area contributed by atoms with Crippen LogP contribution in [0.15, 0.2) is 42.5 Å². The van der Waals surface area contributed by atoms with E-state index in [2.05, 4.69) is 25.9 Å². The largest absolute Gasteiger partial charge is 0.395 e. The minimum Gasteiger partial charge on any atom is -0.395 e. The number of hydrogen-bond acceptors (Lipinski definition) is 6. The maximum absolute atomic E-state index is 13.5. The van der Waals surface area contributed by atoms with Crippen molar-refractivity contribution in [1.82, 2.24) is 0 Å². The van der Waals surface area contributed by atoms with E-state index in [0.717, 1.165) is 56.1 Å². The highest BCUT2D eigenvalue weighted by Gasteiger charge is 2.44. The summed E-state index contributed by atoms with van der Waals surface area (Å²) in [6.45, 7) is 3.31. The number of nitrogens with one attached hydrogen (secondary N) is 2. The molecular weight excluding hydrogens is 476 g/mol. The predicted molar refractivity (Wildman–Crippen MR) is 145 cm³/mol. The third kappa shape index (κ3) is 5.78. The molecule has 0 unspecified atom stereocenters. The van der Waals surface area contributed by atoms with Crippen molar-refractivity contribution in [3.8, 4) is 0 Å². The Kier molecular flexibility index (Phi) is 7.12. The van der Waals surface area contributed by atoms with E-state index >= 15 is 0 Å². The lowest BCUT2D eigenvalue weighted by molar-refractivity contribution is 0.102. The quantitative estimate of drug-likeness (QED) is 0.493. The molecule has 9 heteroatoms. The maximum Gasteiger partial charge on any atom is 0.257 e. The average molecular weight is 513 g/mol. The van der Waals surface area contributed by atoms with Crippen LogP contribution >= 0.6 is 0 Å². The Morgan fingerprint density at radius 3 is 2.33 bits per heavy atom. The zero-order valence-electron chi connectivity index (χ0n) is 20.7. The number of piperidine rings is 2. The fourth-order valence-corrected chi connectivity index (χ4v) is 6.26. The van der Waals surface area contributed by atoms with E-state index in [4.69, 9.17) is 5.11 Å². The number of benzene rings is 2. The number of carbonyl (C=O) groups excluding carboxylic acids is 1. The molecule has 5 rings (SSSR count). The summed E-state index contributed by atoms with van der Waals surface area (Å²) in [5, 5.41) is 12.1. The lowest BCUT2D eigenvalue weighted by atomic mass is 9.93. The third-order valence-corrected chi connectivity index (χ3v) is 9.09. The van der Waals surface area contributed by atoms with E-state index in [0.29, 0.717) is 16.7 Å². The molecule has 2 heterocycles. The number of aliphatic hydroxyl groups is 1. The molecule has 3 fully saturated rings. The van der Waals surface area contributed by atoms with Gasteiger partial charge in [0.25, 0.3) is 5.91 Å². The maximum atomic E-state index is 13.5. The standard InChI is InChI=1S/C27H36N4O4S/c32-17-18-36(34,35)29-22-7-8-24(25(20-22)31-15-11-27(9-10-27)12-16-31)26(33)28-21-5-4-6-23(19-21)30-13-2-1-3-14-30/h4-8,19-20,29,32H,1-3,9-18H2,(H,28,33). The second-order valence-corrected chi connectivity index (χ2v) is 12.3. The first kappa shape index (κ1) is 24.9. The number of nitrogens with zero attached hydrogens (tertiary/aromatic N) is 2. The van der Waals surface area contributed by atoms with E-state index in [-0.39, 0.29) is 11.7 Å². The van der Waals surface area contributed by atoms with Crippen LogP contribution in [0.2, 0.25) is 0 Å². The van der Waals surface area contributed by atoms with Gasteiger partial charge in [-0.05, 0) is 86.8 Å². The molecule has 194 valence electrons. The number of aliphatic hydroxyl groups excluding tert-OH is 1. The van der Waals surface area contributed by atoms with Crippen LogP contribution in [-0.2, 0) is 10.0 Å². The number of anilines is 4. The molecule has 1 spiro atoms. The van der Waals surface area contributed by atoms with E-state index in [1.807, 2.05) is 18.2 Å². The van der Waals surface area contributed by atoms with Gasteiger partial charge in [0.1, 0.15) is 0 Å². The Balaban J connectivity index is 1.38. The molecule has 3 N–H and O–H groups in total. The van der Waals surface area contributed by atoms with Crippen LogP contribution in [0.25, 0.3) is 0 Å². The number of hydrogen-bond donors (Lipinski definition) is 3. The third-order valence-electron chi connectivity index (χ3n) is 7.82. The minimum absolute atomic E-state index is 0.211. The van der Waals surface area contributed by atoms with Gasteiger partial charge in [0.2, 0.25) is 10.0 Å². The second-order valence-electron chi connectivity index (χ2n) is 10.4. The van der Waals surface area contributed by atoms with Crippen LogP contribution in [0.3, 0.4) is 0 Å². The highest BCUT2D eigenvalue weighted by Crippen LogP contribution is 2.54. The first-order valence-corrected chi connectivity index (χ1v) is 14.7. The summed E-state index contributed by atoms with van der Waals surface area (Å²) < 4.78 is 27.0. The van der Waals surface area contributed by atoms with Crippen molar-refractivity contribution < 1.29 is 18.3 Å². The fourth-order valence-electron chi connectivity index (χ4n) is 5.43. The summed E-state index contributed by atoms with van der Waals surface area (Å²) in [4.78, 5) is 18.0. The van der Waals surface area contributed by atoms with Crippen LogP contribution in [0, 0.1) is 5.41 Å². The second kappa shape index (κ2) is 10.3. The molecule has 2 aliphatic heterocycles. The molecule has 0 radical (unpaired) electrons. The Bertz CT molecular complexity index is 1200. The van der Waals surface area contributed by atoms with Gasteiger partial charge in [-0.15, -0.1) is 0 Å². The van der Waals surface area contributed by atoms with Crippen molar-refractivity contribution in [2.75, 3.05) is 58.4 Å². The smallest absolute Gasteiger partial charge is 0.257 e. The van der Waals surface area contributed by atoms with Gasteiger partial charge in [-0.25, -0.2) is 8.42 Å². The molecule has 36 heavy (non-hydrogen) atoms. The van der Waals surface area contributed by atoms with E-state index in [1.54, 1.807) is 18.2 Å². The van der Waals surface area contributed by atoms with Crippen LogP contribution in [0.5, 0.6) is 0 Å². The average Bonchev–Trinajstić information content (AvgIpc) is 3.63. The minimum atomic E-state index is -3.66. The zero-order chi connectivity index (χ0) is 25.2. The summed E-state index contributed by atoms with van der Waals surface area (Å²) in [5.41, 5.74) is 4.00.